The van der Waals surface area contributed by atoms with Crippen molar-refractivity contribution in [3.05, 3.63) is 71.3 Å². The van der Waals surface area contributed by atoms with E-state index in [0.717, 1.165) is 18.4 Å². The van der Waals surface area contributed by atoms with E-state index in [0.29, 0.717) is 82.9 Å². The van der Waals surface area contributed by atoms with Crippen LogP contribution in [0.1, 0.15) is 93.4 Å². The number of nitrogens with one attached hydrogen (secondary N) is 1. The number of carbonyl (C=O) groups is 6. The molecule has 3 aromatic carbocycles. The second-order valence-electron chi connectivity index (χ2n) is 15.0. The lowest BCUT2D eigenvalue weighted by Gasteiger charge is -2.37. The van der Waals surface area contributed by atoms with Crippen molar-refractivity contribution in [2.45, 2.75) is 89.2 Å². The monoisotopic (exact) mass is 875 g/mol. The summed E-state index contributed by atoms with van der Waals surface area (Å²) in [6.07, 6.45) is 2.49. The van der Waals surface area contributed by atoms with Crippen molar-refractivity contribution in [2.24, 2.45) is 0 Å². The summed E-state index contributed by atoms with van der Waals surface area (Å²) in [6, 6.07) is 15.2. The zero-order chi connectivity index (χ0) is 45.5. The third kappa shape index (κ3) is 12.3. The van der Waals surface area contributed by atoms with Crippen molar-refractivity contribution in [3.8, 4) is 34.5 Å². The second kappa shape index (κ2) is 23.1. The Morgan fingerprint density at radius 1 is 0.794 bits per heavy atom. The molecule has 17 nitrogen and oxygen atoms in total. The van der Waals surface area contributed by atoms with E-state index in [1.807, 2.05) is 31.2 Å². The van der Waals surface area contributed by atoms with Gasteiger partial charge in [-0.2, -0.15) is 0 Å². The van der Waals surface area contributed by atoms with Gasteiger partial charge < -0.3 is 48.2 Å². The van der Waals surface area contributed by atoms with Gasteiger partial charge in [-0.1, -0.05) is 25.1 Å². The van der Waals surface area contributed by atoms with Crippen LogP contribution in [0.3, 0.4) is 0 Å². The molecule has 63 heavy (non-hydrogen) atoms. The Morgan fingerprint density at radius 2 is 1.49 bits per heavy atom. The number of ether oxygens (including phenoxy) is 7. The van der Waals surface area contributed by atoms with Crippen molar-refractivity contribution in [1.82, 2.24) is 15.3 Å². The van der Waals surface area contributed by atoms with Gasteiger partial charge in [-0.15, -0.1) is 5.06 Å². The number of hydroxylamine groups is 2. The minimum absolute atomic E-state index is 0.00252. The maximum absolute atomic E-state index is 14.4. The van der Waals surface area contributed by atoms with E-state index in [-0.39, 0.29) is 44.7 Å². The van der Waals surface area contributed by atoms with E-state index in [9.17, 15) is 28.8 Å². The molecule has 0 radical (unpaired) electrons. The summed E-state index contributed by atoms with van der Waals surface area (Å²) in [7, 11) is 7.66. The number of likely N-dealkylation sites (tertiary alicyclic amines) is 1. The maximum Gasteiger partial charge on any atom is 0.333 e. The summed E-state index contributed by atoms with van der Waals surface area (Å²) in [6.45, 7) is 2.07. The Kier molecular flexibility index (Phi) is 17.4. The highest BCUT2D eigenvalue weighted by Gasteiger charge is 2.38. The minimum atomic E-state index is -0.832. The highest BCUT2D eigenvalue weighted by molar-refractivity contribution is 6.01. The number of aryl methyl sites for hydroxylation is 1. The van der Waals surface area contributed by atoms with Gasteiger partial charge >= 0.3 is 11.9 Å². The van der Waals surface area contributed by atoms with E-state index in [1.165, 1.54) is 21.3 Å². The molecule has 5 rings (SSSR count). The Bertz CT molecular complexity index is 2070. The number of nitrogens with zero attached hydrogens (tertiary/aromatic N) is 2. The summed E-state index contributed by atoms with van der Waals surface area (Å²) < 4.78 is 39.8. The van der Waals surface area contributed by atoms with Crippen molar-refractivity contribution in [2.75, 3.05) is 55.2 Å². The van der Waals surface area contributed by atoms with Crippen LogP contribution in [0.15, 0.2) is 54.6 Å². The van der Waals surface area contributed by atoms with Crippen LogP contribution in [-0.4, -0.2) is 107 Å². The summed E-state index contributed by atoms with van der Waals surface area (Å²) in [4.78, 5) is 83.4. The highest BCUT2D eigenvalue weighted by atomic mass is 16.7. The zero-order valence-corrected chi connectivity index (χ0v) is 36.7. The molecule has 4 amide bonds. The molecule has 17 heteroatoms. The molecule has 2 saturated heterocycles. The van der Waals surface area contributed by atoms with Gasteiger partial charge in [0.15, 0.2) is 29.6 Å². The number of amides is 4. The zero-order valence-electron chi connectivity index (χ0n) is 36.7. The topological polar surface area (TPSA) is 195 Å². The Labute approximate surface area is 367 Å². The molecule has 0 saturated carbocycles. The third-order valence-electron chi connectivity index (χ3n) is 10.9. The van der Waals surface area contributed by atoms with Gasteiger partial charge in [-0.25, -0.2) is 9.59 Å². The van der Waals surface area contributed by atoms with Crippen molar-refractivity contribution in [1.29, 1.82) is 0 Å². The number of rotatable bonds is 22. The molecule has 0 aromatic heterocycles. The van der Waals surface area contributed by atoms with E-state index in [1.54, 1.807) is 49.5 Å². The van der Waals surface area contributed by atoms with Gasteiger partial charge in [0.05, 0.1) is 41.5 Å². The van der Waals surface area contributed by atoms with E-state index in [2.05, 4.69) is 5.32 Å². The lowest BCUT2D eigenvalue weighted by Crippen LogP contribution is -2.50. The largest absolute Gasteiger partial charge is 0.493 e. The predicted molar refractivity (Wildman–Crippen MR) is 227 cm³/mol. The standard InChI is InChI=1S/C46H57N3O14/c1-7-33(31-26-38(58-4)44(60-6)39(27-31)59-5)45(54)48-23-9-8-14-34(48)46(55)62-35(18-16-29-17-19-36(56-2)37(24-29)57-3)30-12-10-13-32(25-30)61-28-40(50)47-22-11-15-43(53)63-49-41(51)20-21-42(49)52/h10,12-13,17,19,24-27,33-35H,7-9,11,14-16,18,20-23,28H2,1-6H3,(H,47,50)/t33-,34-,35+/m0/s1. The van der Waals surface area contributed by atoms with Crippen LogP contribution in [0.4, 0.5) is 0 Å². The first kappa shape index (κ1) is 47.5. The number of hydrogen-bond donors (Lipinski definition) is 1. The van der Waals surface area contributed by atoms with Crippen molar-refractivity contribution < 1.29 is 66.8 Å². The van der Waals surface area contributed by atoms with Crippen molar-refractivity contribution in [3.63, 3.8) is 0 Å². The van der Waals surface area contributed by atoms with Crippen LogP contribution >= 0.6 is 0 Å². The first-order chi connectivity index (χ1) is 30.4. The first-order valence-electron chi connectivity index (χ1n) is 21.0. The number of piperidine rings is 1. The lowest BCUT2D eigenvalue weighted by molar-refractivity contribution is -0.197. The predicted octanol–water partition coefficient (Wildman–Crippen LogP) is 5.40. The SMILES string of the molecule is CC[C@H](C(=O)N1CCCC[C@H]1C(=O)O[C@H](CCc1ccc(OC)c(OC)c1)c1cccc(OCC(=O)NCCCC(=O)ON2C(=O)CCC2=O)c1)c1cc(OC)c(OC)c(OC)c1. The Hall–Kier alpha value is -6.52. The Morgan fingerprint density at radius 3 is 2.14 bits per heavy atom. The average Bonchev–Trinajstić information content (AvgIpc) is 3.62. The minimum Gasteiger partial charge on any atom is -0.493 e. The first-order valence-corrected chi connectivity index (χ1v) is 21.0. The van der Waals surface area contributed by atoms with Crippen LogP contribution in [0.5, 0.6) is 34.5 Å². The van der Waals surface area contributed by atoms with Gasteiger partial charge in [0.25, 0.3) is 17.7 Å². The highest BCUT2D eigenvalue weighted by Crippen LogP contribution is 2.41. The van der Waals surface area contributed by atoms with E-state index in [4.69, 9.17) is 38.0 Å². The molecule has 0 unspecified atom stereocenters. The van der Waals surface area contributed by atoms with Gasteiger partial charge in [0, 0.05) is 32.4 Å². The quantitative estimate of drug-likeness (QED) is 0.0766. The van der Waals surface area contributed by atoms with E-state index >= 15 is 0 Å². The number of hydrogen-bond acceptors (Lipinski definition) is 14. The molecule has 2 fully saturated rings. The van der Waals surface area contributed by atoms with Crippen LogP contribution in [0, 0.1) is 0 Å². The van der Waals surface area contributed by atoms with Crippen LogP contribution in [-0.2, 0) is 44.8 Å². The molecule has 2 aliphatic rings. The van der Waals surface area contributed by atoms with Gasteiger partial charge in [-0.05, 0) is 98.0 Å². The molecule has 2 aliphatic heterocycles. The van der Waals surface area contributed by atoms with Gasteiger partial charge in [-0.3, -0.25) is 19.2 Å². The molecule has 0 bridgehead atoms. The average molecular weight is 876 g/mol. The van der Waals surface area contributed by atoms with E-state index < -0.39 is 47.7 Å². The summed E-state index contributed by atoms with van der Waals surface area (Å²) in [5, 5.41) is 3.15. The summed E-state index contributed by atoms with van der Waals surface area (Å²) in [5.74, 6) is -0.951. The number of benzene rings is 3. The van der Waals surface area contributed by atoms with Crippen LogP contribution in [0.25, 0.3) is 0 Å². The van der Waals surface area contributed by atoms with Gasteiger partial charge in [0.1, 0.15) is 17.9 Å². The third-order valence-corrected chi connectivity index (χ3v) is 10.9. The normalized spacial score (nSPS) is 15.8. The maximum atomic E-state index is 14.4. The number of carbonyl (C=O) groups excluding carboxylic acids is 6. The molecular formula is C46H57N3O14. The second-order valence-corrected chi connectivity index (χ2v) is 15.0. The van der Waals surface area contributed by atoms with Gasteiger partial charge in [0.2, 0.25) is 11.7 Å². The summed E-state index contributed by atoms with van der Waals surface area (Å²) >= 11 is 0. The fourth-order valence-electron chi connectivity index (χ4n) is 7.61. The molecule has 2 heterocycles. The van der Waals surface area contributed by atoms with Crippen LogP contribution in [0.2, 0.25) is 0 Å². The van der Waals surface area contributed by atoms with Crippen LogP contribution < -0.4 is 33.7 Å². The number of imide groups is 1. The fourth-order valence-corrected chi connectivity index (χ4v) is 7.61. The lowest BCUT2D eigenvalue weighted by atomic mass is 9.91. The molecule has 3 atom stereocenters. The molecule has 1 N–H and O–H groups in total. The molecule has 0 aliphatic carbocycles. The molecule has 3 aromatic rings. The fraction of sp³-hybridized carbons (Fsp3) is 0.478. The summed E-state index contributed by atoms with van der Waals surface area (Å²) in [5.41, 5.74) is 2.20. The molecular weight excluding hydrogens is 819 g/mol. The van der Waals surface area contributed by atoms with Crippen molar-refractivity contribution >= 4 is 35.6 Å². The molecule has 340 valence electrons. The number of esters is 1. The molecule has 0 spiro atoms. The Balaban J connectivity index is 1.28. The number of methoxy groups -OCH3 is 5. The smallest absolute Gasteiger partial charge is 0.333 e.